The van der Waals surface area contributed by atoms with Crippen molar-refractivity contribution in [2.24, 2.45) is 18.0 Å². The van der Waals surface area contributed by atoms with E-state index in [1.807, 2.05) is 30.3 Å². The fourth-order valence-corrected chi connectivity index (χ4v) is 2.86. The van der Waals surface area contributed by atoms with E-state index in [1.165, 1.54) is 22.2 Å². The molecule has 2 aromatic heterocycles. The molecular formula is C12H11N5OS. The molecule has 1 aromatic carbocycles. The summed E-state index contributed by atoms with van der Waals surface area (Å²) >= 11 is 1.23. The van der Waals surface area contributed by atoms with Gasteiger partial charge in [0.1, 0.15) is 4.70 Å². The summed E-state index contributed by atoms with van der Waals surface area (Å²) in [5.41, 5.74) is 1.34. The van der Waals surface area contributed by atoms with E-state index in [9.17, 15) is 4.79 Å². The fraction of sp³-hybridized carbons (Fsp3) is 0.0833. The first-order valence-electron chi connectivity index (χ1n) is 5.59. The van der Waals surface area contributed by atoms with Crippen molar-refractivity contribution in [2.45, 2.75) is 0 Å². The van der Waals surface area contributed by atoms with E-state index in [0.29, 0.717) is 15.1 Å². The van der Waals surface area contributed by atoms with Gasteiger partial charge in [-0.3, -0.25) is 9.36 Å². The van der Waals surface area contributed by atoms with Gasteiger partial charge in [0.2, 0.25) is 4.80 Å². The fourth-order valence-electron chi connectivity index (χ4n) is 1.88. The molecule has 0 amide bonds. The van der Waals surface area contributed by atoms with E-state index in [1.54, 1.807) is 11.6 Å². The zero-order chi connectivity index (χ0) is 13.4. The minimum absolute atomic E-state index is 0.102. The van der Waals surface area contributed by atoms with Crippen LogP contribution in [0.4, 0.5) is 0 Å². The molecule has 0 saturated heterocycles. The monoisotopic (exact) mass is 273 g/mol. The average molecular weight is 273 g/mol. The summed E-state index contributed by atoms with van der Waals surface area (Å²) in [7, 11) is 1.67. The lowest BCUT2D eigenvalue weighted by atomic mass is 10.3. The Morgan fingerprint density at radius 3 is 2.74 bits per heavy atom. The first kappa shape index (κ1) is 11.7. The summed E-state index contributed by atoms with van der Waals surface area (Å²) in [6.07, 6.45) is 1.50. The molecule has 3 rings (SSSR count). The number of nitrogens with two attached hydrogens (primary N) is 1. The van der Waals surface area contributed by atoms with Crippen LogP contribution in [0.15, 0.2) is 46.6 Å². The van der Waals surface area contributed by atoms with Gasteiger partial charge in [-0.2, -0.15) is 5.10 Å². The van der Waals surface area contributed by atoms with Gasteiger partial charge in [-0.15, -0.1) is 0 Å². The SMILES string of the molecule is Cn1cnc2c(sc(=NN)n2-c2ccccc2)c1=O. The van der Waals surface area contributed by atoms with Crippen molar-refractivity contribution in [1.82, 2.24) is 14.1 Å². The van der Waals surface area contributed by atoms with Crippen LogP contribution >= 0.6 is 11.3 Å². The van der Waals surface area contributed by atoms with Crippen LogP contribution in [0.3, 0.4) is 0 Å². The third kappa shape index (κ3) is 1.75. The second kappa shape index (κ2) is 4.36. The lowest BCUT2D eigenvalue weighted by Crippen LogP contribution is -2.17. The minimum Gasteiger partial charge on any atom is -0.320 e. The van der Waals surface area contributed by atoms with E-state index >= 15 is 0 Å². The molecule has 0 spiro atoms. The molecule has 2 heterocycles. The van der Waals surface area contributed by atoms with Crippen LogP contribution in [0, 0.1) is 0 Å². The lowest BCUT2D eigenvalue weighted by molar-refractivity contribution is 0.837. The minimum atomic E-state index is -0.102. The number of aryl methyl sites for hydroxylation is 1. The number of hydrogen-bond donors (Lipinski definition) is 1. The maximum absolute atomic E-state index is 12.1. The number of hydrogen-bond acceptors (Lipinski definition) is 5. The maximum atomic E-state index is 12.1. The van der Waals surface area contributed by atoms with Crippen LogP contribution in [0.5, 0.6) is 0 Å². The Hall–Kier alpha value is -2.41. The van der Waals surface area contributed by atoms with Gasteiger partial charge in [0.15, 0.2) is 5.65 Å². The highest BCUT2D eigenvalue weighted by Gasteiger charge is 2.12. The predicted molar refractivity (Wildman–Crippen MR) is 73.9 cm³/mol. The molecule has 0 unspecified atom stereocenters. The highest BCUT2D eigenvalue weighted by atomic mass is 32.1. The van der Waals surface area contributed by atoms with Gasteiger partial charge in [-0.1, -0.05) is 29.5 Å². The molecule has 2 N–H and O–H groups in total. The zero-order valence-electron chi connectivity index (χ0n) is 10.1. The molecule has 0 bridgehead atoms. The Morgan fingerprint density at radius 2 is 2.05 bits per heavy atom. The van der Waals surface area contributed by atoms with E-state index in [2.05, 4.69) is 10.1 Å². The lowest BCUT2D eigenvalue weighted by Gasteiger charge is -2.03. The summed E-state index contributed by atoms with van der Waals surface area (Å²) in [4.78, 5) is 16.9. The summed E-state index contributed by atoms with van der Waals surface area (Å²) in [5, 5.41) is 3.75. The summed E-state index contributed by atoms with van der Waals surface area (Å²) < 4.78 is 3.76. The number of benzene rings is 1. The average Bonchev–Trinajstić information content (AvgIpc) is 2.83. The molecule has 6 nitrogen and oxygen atoms in total. The normalized spacial score (nSPS) is 12.2. The van der Waals surface area contributed by atoms with Crippen LogP contribution in [-0.2, 0) is 7.05 Å². The van der Waals surface area contributed by atoms with Gasteiger partial charge in [-0.25, -0.2) is 4.98 Å². The standard InChI is InChI=1S/C12H11N5OS/c1-16-7-14-10-9(11(16)18)19-12(15-13)17(10)8-5-3-2-4-6-8/h2-7H,13H2,1H3. The molecule has 0 aliphatic rings. The summed E-state index contributed by atoms with van der Waals surface area (Å²) in [6, 6.07) is 9.57. The molecule has 3 aromatic rings. The second-order valence-electron chi connectivity index (χ2n) is 4.00. The Morgan fingerprint density at radius 1 is 1.32 bits per heavy atom. The molecule has 7 heteroatoms. The first-order chi connectivity index (χ1) is 9.22. The number of rotatable bonds is 1. The number of nitrogens with zero attached hydrogens (tertiary/aromatic N) is 4. The predicted octanol–water partition coefficient (Wildman–Crippen LogP) is 0.560. The van der Waals surface area contributed by atoms with Gasteiger partial charge in [-0.05, 0) is 12.1 Å². The largest absolute Gasteiger partial charge is 0.320 e. The smallest absolute Gasteiger partial charge is 0.272 e. The Labute approximate surface area is 112 Å². The van der Waals surface area contributed by atoms with Crippen LogP contribution in [0.1, 0.15) is 0 Å². The van der Waals surface area contributed by atoms with Gasteiger partial charge >= 0.3 is 0 Å². The molecule has 0 aliphatic heterocycles. The van der Waals surface area contributed by atoms with Gasteiger partial charge in [0, 0.05) is 12.7 Å². The van der Waals surface area contributed by atoms with Crippen molar-refractivity contribution in [3.63, 3.8) is 0 Å². The van der Waals surface area contributed by atoms with Crippen LogP contribution < -0.4 is 16.2 Å². The molecule has 0 saturated carbocycles. The van der Waals surface area contributed by atoms with E-state index < -0.39 is 0 Å². The van der Waals surface area contributed by atoms with E-state index in [-0.39, 0.29) is 5.56 Å². The van der Waals surface area contributed by atoms with Crippen LogP contribution in [-0.4, -0.2) is 14.1 Å². The van der Waals surface area contributed by atoms with Crippen molar-refractivity contribution in [3.05, 3.63) is 51.8 Å². The van der Waals surface area contributed by atoms with Crippen molar-refractivity contribution < 1.29 is 0 Å². The first-order valence-corrected chi connectivity index (χ1v) is 6.40. The van der Waals surface area contributed by atoms with Crippen molar-refractivity contribution in [2.75, 3.05) is 0 Å². The van der Waals surface area contributed by atoms with Gasteiger partial charge < -0.3 is 10.4 Å². The summed E-state index contributed by atoms with van der Waals surface area (Å²) in [6.45, 7) is 0. The number of para-hydroxylation sites is 1. The third-order valence-corrected chi connectivity index (χ3v) is 3.82. The highest BCUT2D eigenvalue weighted by molar-refractivity contribution is 7.16. The van der Waals surface area contributed by atoms with Gasteiger partial charge in [0.25, 0.3) is 5.56 Å². The van der Waals surface area contributed by atoms with E-state index in [4.69, 9.17) is 5.84 Å². The van der Waals surface area contributed by atoms with E-state index in [0.717, 1.165) is 5.69 Å². The number of thiazole rings is 1. The molecule has 19 heavy (non-hydrogen) atoms. The Kier molecular flexibility index (Phi) is 2.68. The second-order valence-corrected chi connectivity index (χ2v) is 4.98. The molecule has 0 atom stereocenters. The van der Waals surface area contributed by atoms with Crippen molar-refractivity contribution in [3.8, 4) is 5.69 Å². The van der Waals surface area contributed by atoms with Crippen molar-refractivity contribution in [1.29, 1.82) is 0 Å². The summed E-state index contributed by atoms with van der Waals surface area (Å²) in [5.74, 6) is 5.42. The molecule has 0 radical (unpaired) electrons. The topological polar surface area (TPSA) is 78.2 Å². The zero-order valence-corrected chi connectivity index (χ0v) is 11.0. The van der Waals surface area contributed by atoms with Crippen LogP contribution in [0.2, 0.25) is 0 Å². The number of fused-ring (bicyclic) bond motifs is 1. The Balaban J connectivity index is 2.49. The third-order valence-electron chi connectivity index (χ3n) is 2.79. The van der Waals surface area contributed by atoms with Crippen LogP contribution in [0.25, 0.3) is 16.0 Å². The maximum Gasteiger partial charge on any atom is 0.272 e. The molecule has 0 fully saturated rings. The number of aromatic nitrogens is 3. The van der Waals surface area contributed by atoms with Gasteiger partial charge in [0.05, 0.1) is 6.33 Å². The molecule has 96 valence electrons. The van der Waals surface area contributed by atoms with Crippen molar-refractivity contribution >= 4 is 21.7 Å². The quantitative estimate of drug-likeness (QED) is 0.520. The highest BCUT2D eigenvalue weighted by Crippen LogP contribution is 2.15. The Bertz CT molecular complexity index is 859. The molecular weight excluding hydrogens is 262 g/mol. The molecule has 0 aliphatic carbocycles.